The van der Waals surface area contributed by atoms with Crippen LogP contribution in [0.4, 0.5) is 21.9 Å². The van der Waals surface area contributed by atoms with Crippen molar-refractivity contribution >= 4 is 34.9 Å². The van der Waals surface area contributed by atoms with Crippen LogP contribution in [0.2, 0.25) is 0 Å². The van der Waals surface area contributed by atoms with E-state index in [4.69, 9.17) is 4.74 Å². The Morgan fingerprint density at radius 1 is 0.700 bits per heavy atom. The van der Waals surface area contributed by atoms with Gasteiger partial charge in [-0.1, -0.05) is 29.8 Å². The van der Waals surface area contributed by atoms with E-state index in [1.54, 1.807) is 28.0 Å². The van der Waals surface area contributed by atoms with Crippen LogP contribution in [0.1, 0.15) is 31.8 Å². The number of hydrogen-bond donors (Lipinski definition) is 2. The second-order valence-corrected chi connectivity index (χ2v) is 10.2. The first-order valence-electron chi connectivity index (χ1n) is 13.6. The van der Waals surface area contributed by atoms with E-state index >= 15 is 0 Å². The second-order valence-electron chi connectivity index (χ2n) is 10.2. The monoisotopic (exact) mass is 541 g/mol. The van der Waals surface area contributed by atoms with Crippen LogP contribution >= 0.6 is 0 Å². The summed E-state index contributed by atoms with van der Waals surface area (Å²) in [4.78, 5) is 45.1. The number of amides is 4. The molecule has 2 fully saturated rings. The number of aryl methyl sites for hydroxylation is 2. The molecule has 4 amide bonds. The van der Waals surface area contributed by atoms with Gasteiger partial charge in [-0.25, -0.2) is 4.79 Å². The molecule has 0 aliphatic carbocycles. The number of piperazine rings is 1. The molecule has 208 valence electrons. The molecule has 2 saturated heterocycles. The summed E-state index contributed by atoms with van der Waals surface area (Å²) in [7, 11) is 0. The summed E-state index contributed by atoms with van der Waals surface area (Å²) >= 11 is 0. The normalized spacial score (nSPS) is 15.5. The molecular weight excluding hydrogens is 506 g/mol. The Balaban J connectivity index is 1.32. The summed E-state index contributed by atoms with van der Waals surface area (Å²) in [6.07, 6.45) is 0. The third-order valence-corrected chi connectivity index (χ3v) is 7.27. The van der Waals surface area contributed by atoms with E-state index in [-0.39, 0.29) is 17.8 Å². The zero-order chi connectivity index (χ0) is 28.1. The minimum absolute atomic E-state index is 0.0932. The highest BCUT2D eigenvalue weighted by Gasteiger charge is 2.27. The molecule has 2 N–H and O–H groups in total. The van der Waals surface area contributed by atoms with E-state index in [1.807, 2.05) is 62.4 Å². The standard InChI is InChI=1S/C31H35N5O4/c1-22-6-8-24(9-7-22)29(37)32-26-10-11-28(27(21-26)30(38)35-16-18-40-19-17-35)34-12-14-36(15-13-34)31(39)33-25-5-3-4-23(2)20-25/h3-11,20-21H,12-19H2,1-2H3,(H,32,37)(H,33,39). The summed E-state index contributed by atoms with van der Waals surface area (Å²) in [5, 5.41) is 5.92. The molecule has 2 heterocycles. The van der Waals surface area contributed by atoms with Gasteiger partial charge in [0.15, 0.2) is 0 Å². The number of nitrogens with zero attached hydrogens (tertiary/aromatic N) is 3. The fraction of sp³-hybridized carbons (Fsp3) is 0.323. The zero-order valence-electron chi connectivity index (χ0n) is 23.0. The molecule has 0 radical (unpaired) electrons. The molecule has 0 spiro atoms. The number of carbonyl (C=O) groups is 3. The smallest absolute Gasteiger partial charge is 0.321 e. The Labute approximate surface area is 234 Å². The van der Waals surface area contributed by atoms with E-state index in [0.29, 0.717) is 69.3 Å². The number of carbonyl (C=O) groups excluding carboxylic acids is 3. The van der Waals surface area contributed by atoms with E-state index < -0.39 is 0 Å². The number of anilines is 3. The topological polar surface area (TPSA) is 94.2 Å². The van der Waals surface area contributed by atoms with Crippen LogP contribution in [0.15, 0.2) is 66.7 Å². The first-order chi connectivity index (χ1) is 19.4. The maximum atomic E-state index is 13.7. The van der Waals surface area contributed by atoms with Crippen LogP contribution in [0, 0.1) is 13.8 Å². The fourth-order valence-corrected chi connectivity index (χ4v) is 4.98. The second kappa shape index (κ2) is 12.2. The van der Waals surface area contributed by atoms with Crippen molar-refractivity contribution in [3.63, 3.8) is 0 Å². The minimum atomic E-state index is -0.231. The molecule has 3 aromatic rings. The largest absolute Gasteiger partial charge is 0.378 e. The molecule has 3 aromatic carbocycles. The number of ether oxygens (including phenoxy) is 1. The predicted octanol–water partition coefficient (Wildman–Crippen LogP) is 4.38. The average Bonchev–Trinajstić information content (AvgIpc) is 2.97. The summed E-state index contributed by atoms with van der Waals surface area (Å²) in [6.45, 7) is 8.21. The first kappa shape index (κ1) is 27.2. The van der Waals surface area contributed by atoms with Gasteiger partial charge in [0.25, 0.3) is 11.8 Å². The minimum Gasteiger partial charge on any atom is -0.378 e. The van der Waals surface area contributed by atoms with Crippen LogP contribution in [0.25, 0.3) is 0 Å². The van der Waals surface area contributed by atoms with Gasteiger partial charge < -0.3 is 30.1 Å². The summed E-state index contributed by atoms with van der Waals surface area (Å²) in [5.74, 6) is -0.324. The van der Waals surface area contributed by atoms with Gasteiger partial charge in [-0.3, -0.25) is 9.59 Å². The van der Waals surface area contributed by atoms with Crippen molar-refractivity contribution in [1.29, 1.82) is 0 Å². The third-order valence-electron chi connectivity index (χ3n) is 7.27. The first-order valence-corrected chi connectivity index (χ1v) is 13.6. The molecule has 2 aliphatic rings. The molecule has 40 heavy (non-hydrogen) atoms. The molecule has 0 unspecified atom stereocenters. The van der Waals surface area contributed by atoms with E-state index in [9.17, 15) is 14.4 Å². The number of rotatable bonds is 5. The van der Waals surface area contributed by atoms with Gasteiger partial charge in [0.1, 0.15) is 0 Å². The lowest BCUT2D eigenvalue weighted by atomic mass is 10.1. The Kier molecular flexibility index (Phi) is 8.31. The molecule has 0 aromatic heterocycles. The Hall–Kier alpha value is -4.37. The molecule has 2 aliphatic heterocycles. The van der Waals surface area contributed by atoms with E-state index in [2.05, 4.69) is 15.5 Å². The van der Waals surface area contributed by atoms with Gasteiger partial charge in [-0.2, -0.15) is 0 Å². The van der Waals surface area contributed by atoms with Crippen LogP contribution in [0.3, 0.4) is 0 Å². The lowest BCUT2D eigenvalue weighted by Gasteiger charge is -2.37. The van der Waals surface area contributed by atoms with Gasteiger partial charge in [0.05, 0.1) is 18.8 Å². The summed E-state index contributed by atoms with van der Waals surface area (Å²) < 4.78 is 5.44. The Morgan fingerprint density at radius 2 is 1.40 bits per heavy atom. The maximum Gasteiger partial charge on any atom is 0.321 e. The molecule has 0 atom stereocenters. The van der Waals surface area contributed by atoms with Crippen LogP contribution in [0.5, 0.6) is 0 Å². The highest BCUT2D eigenvalue weighted by molar-refractivity contribution is 6.06. The average molecular weight is 542 g/mol. The molecule has 5 rings (SSSR count). The van der Waals surface area contributed by atoms with Crippen LogP contribution < -0.4 is 15.5 Å². The zero-order valence-corrected chi connectivity index (χ0v) is 23.0. The molecule has 9 nitrogen and oxygen atoms in total. The van der Waals surface area contributed by atoms with Crippen molar-refractivity contribution in [2.45, 2.75) is 13.8 Å². The Morgan fingerprint density at radius 3 is 2.10 bits per heavy atom. The lowest BCUT2D eigenvalue weighted by molar-refractivity contribution is 0.0303. The summed E-state index contributed by atoms with van der Waals surface area (Å²) in [5.41, 5.74) is 5.36. The highest BCUT2D eigenvalue weighted by atomic mass is 16.5. The van der Waals surface area contributed by atoms with Crippen molar-refractivity contribution < 1.29 is 19.1 Å². The SMILES string of the molecule is Cc1ccc(C(=O)Nc2ccc(N3CCN(C(=O)Nc4cccc(C)c4)CC3)c(C(=O)N3CCOCC3)c2)cc1. The van der Waals surface area contributed by atoms with Crippen molar-refractivity contribution in [3.8, 4) is 0 Å². The Bertz CT molecular complexity index is 1380. The summed E-state index contributed by atoms with van der Waals surface area (Å²) in [6, 6.07) is 20.4. The van der Waals surface area contributed by atoms with Gasteiger partial charge in [-0.15, -0.1) is 0 Å². The van der Waals surface area contributed by atoms with E-state index in [1.165, 1.54) is 0 Å². The quantitative estimate of drug-likeness (QED) is 0.500. The van der Waals surface area contributed by atoms with Crippen LogP contribution in [-0.2, 0) is 4.74 Å². The van der Waals surface area contributed by atoms with Crippen molar-refractivity contribution in [3.05, 3.63) is 89.0 Å². The highest BCUT2D eigenvalue weighted by Crippen LogP contribution is 2.28. The van der Waals surface area contributed by atoms with Crippen molar-refractivity contribution in [2.75, 3.05) is 68.0 Å². The van der Waals surface area contributed by atoms with Crippen molar-refractivity contribution in [2.24, 2.45) is 0 Å². The maximum absolute atomic E-state index is 13.7. The predicted molar refractivity (Wildman–Crippen MR) is 156 cm³/mol. The van der Waals surface area contributed by atoms with Gasteiger partial charge in [-0.05, 0) is 61.9 Å². The number of nitrogens with one attached hydrogen (secondary N) is 2. The van der Waals surface area contributed by atoms with Gasteiger partial charge in [0.2, 0.25) is 0 Å². The molecular formula is C31H35N5O4. The number of urea groups is 1. The van der Waals surface area contributed by atoms with Crippen molar-refractivity contribution in [1.82, 2.24) is 9.80 Å². The number of benzene rings is 3. The number of hydrogen-bond acceptors (Lipinski definition) is 5. The van der Waals surface area contributed by atoms with Gasteiger partial charge in [0, 0.05) is 61.9 Å². The number of morpholine rings is 1. The van der Waals surface area contributed by atoms with Crippen LogP contribution in [-0.4, -0.2) is 80.1 Å². The third kappa shape index (κ3) is 6.43. The fourth-order valence-electron chi connectivity index (χ4n) is 4.98. The molecule has 0 saturated carbocycles. The van der Waals surface area contributed by atoms with E-state index in [0.717, 1.165) is 22.5 Å². The van der Waals surface area contributed by atoms with Gasteiger partial charge >= 0.3 is 6.03 Å². The lowest BCUT2D eigenvalue weighted by Crippen LogP contribution is -2.50. The molecule has 0 bridgehead atoms. The molecule has 9 heteroatoms.